The quantitative estimate of drug-likeness (QED) is 0.622. The molecule has 0 aliphatic heterocycles. The summed E-state index contributed by atoms with van der Waals surface area (Å²) in [5, 5.41) is 9.25. The summed E-state index contributed by atoms with van der Waals surface area (Å²) in [7, 11) is 1.52. The van der Waals surface area contributed by atoms with E-state index in [9.17, 15) is 9.90 Å². The van der Waals surface area contributed by atoms with Gasteiger partial charge in [0.2, 0.25) is 5.95 Å². The maximum atomic E-state index is 11.5. The Bertz CT molecular complexity index is 576. The molecule has 2 heterocycles. The van der Waals surface area contributed by atoms with Gasteiger partial charge in [-0.2, -0.15) is 4.98 Å². The smallest absolute Gasteiger partial charge is 0.280 e. The minimum Gasteiger partial charge on any atom is -0.394 e. The molecule has 17 heavy (non-hydrogen) atoms. The highest BCUT2D eigenvalue weighted by Gasteiger charge is 2.16. The summed E-state index contributed by atoms with van der Waals surface area (Å²) in [6.07, 6.45) is 1.44. The number of nitrogen functional groups attached to an aromatic ring is 1. The van der Waals surface area contributed by atoms with Crippen molar-refractivity contribution in [2.24, 2.45) is 0 Å². The van der Waals surface area contributed by atoms with Crippen molar-refractivity contribution in [3.63, 3.8) is 0 Å². The van der Waals surface area contributed by atoms with Gasteiger partial charge in [0.15, 0.2) is 11.2 Å². The molecule has 8 nitrogen and oxygen atoms in total. The molecular weight excluding hydrogens is 226 g/mol. The van der Waals surface area contributed by atoms with Crippen molar-refractivity contribution >= 4 is 17.1 Å². The Morgan fingerprint density at radius 3 is 3.12 bits per heavy atom. The van der Waals surface area contributed by atoms with Crippen LogP contribution in [0.1, 0.15) is 6.04 Å². The summed E-state index contributed by atoms with van der Waals surface area (Å²) < 4.78 is 6.55. The molecule has 0 saturated carbocycles. The van der Waals surface area contributed by atoms with Crippen LogP contribution in [0.4, 0.5) is 5.95 Å². The number of ether oxygens (including phenoxy) is 1. The van der Waals surface area contributed by atoms with Crippen molar-refractivity contribution in [3.8, 4) is 0 Å². The van der Waals surface area contributed by atoms with Gasteiger partial charge >= 0.3 is 0 Å². The standard InChI is InChI=1S/C9H13N5O3/c1-17-3-5(2-15)14-4-11-6-7(14)12-9(10)13-8(6)16/h4-5,15H,2-3H2,1H3,(H3,10,12,13,16). The predicted octanol–water partition coefficient (Wildman–Crippen LogP) is -1.12. The van der Waals surface area contributed by atoms with Crippen LogP contribution in [0.5, 0.6) is 0 Å². The largest absolute Gasteiger partial charge is 0.394 e. The highest BCUT2D eigenvalue weighted by molar-refractivity contribution is 5.70. The number of hydrogen-bond acceptors (Lipinski definition) is 6. The number of aliphatic hydroxyl groups excluding tert-OH is 1. The van der Waals surface area contributed by atoms with Gasteiger partial charge in [-0.25, -0.2) is 4.98 Å². The van der Waals surface area contributed by atoms with E-state index < -0.39 is 5.56 Å². The topological polar surface area (TPSA) is 119 Å². The van der Waals surface area contributed by atoms with E-state index in [4.69, 9.17) is 10.5 Å². The minimum absolute atomic E-state index is 0.0124. The molecule has 8 heteroatoms. The van der Waals surface area contributed by atoms with Gasteiger partial charge in [-0.05, 0) is 0 Å². The van der Waals surface area contributed by atoms with Gasteiger partial charge in [0.05, 0.1) is 25.6 Å². The number of H-pyrrole nitrogens is 1. The van der Waals surface area contributed by atoms with Crippen LogP contribution in [0.3, 0.4) is 0 Å². The molecule has 0 amide bonds. The van der Waals surface area contributed by atoms with E-state index >= 15 is 0 Å². The third kappa shape index (κ3) is 1.99. The molecule has 2 aromatic rings. The first-order chi connectivity index (χ1) is 8.17. The SMILES string of the molecule is COCC(CO)n1cnc2c(=O)[nH]c(N)nc21. The lowest BCUT2D eigenvalue weighted by atomic mass is 10.3. The molecule has 0 bridgehead atoms. The highest BCUT2D eigenvalue weighted by Crippen LogP contribution is 2.13. The number of rotatable bonds is 4. The second-order valence-corrected chi connectivity index (χ2v) is 3.57. The number of nitrogens with one attached hydrogen (secondary N) is 1. The van der Waals surface area contributed by atoms with E-state index in [0.717, 1.165) is 0 Å². The van der Waals surface area contributed by atoms with Crippen molar-refractivity contribution in [2.45, 2.75) is 6.04 Å². The van der Waals surface area contributed by atoms with Crippen LogP contribution < -0.4 is 11.3 Å². The van der Waals surface area contributed by atoms with Gasteiger partial charge in [0.1, 0.15) is 0 Å². The van der Waals surface area contributed by atoms with Crippen LogP contribution in [0.15, 0.2) is 11.1 Å². The molecule has 1 unspecified atom stereocenters. The Kier molecular flexibility index (Phi) is 3.07. The third-order valence-electron chi connectivity index (χ3n) is 2.41. The fourth-order valence-electron chi connectivity index (χ4n) is 1.62. The second kappa shape index (κ2) is 4.52. The molecule has 0 aliphatic carbocycles. The van der Waals surface area contributed by atoms with Gasteiger partial charge < -0.3 is 20.1 Å². The number of aliphatic hydroxyl groups is 1. The summed E-state index contributed by atoms with van der Waals surface area (Å²) in [4.78, 5) is 21.8. The van der Waals surface area contributed by atoms with E-state index in [1.54, 1.807) is 4.57 Å². The molecule has 0 aliphatic rings. The fraction of sp³-hybridized carbons (Fsp3) is 0.444. The number of hydrogen-bond donors (Lipinski definition) is 3. The molecule has 1 atom stereocenters. The average Bonchev–Trinajstić information content (AvgIpc) is 2.69. The van der Waals surface area contributed by atoms with Crippen LogP contribution in [-0.2, 0) is 4.74 Å². The Balaban J connectivity index is 2.58. The van der Waals surface area contributed by atoms with Gasteiger partial charge in [0, 0.05) is 7.11 Å². The molecule has 0 fully saturated rings. The molecular formula is C9H13N5O3. The lowest BCUT2D eigenvalue weighted by Crippen LogP contribution is -2.19. The first-order valence-corrected chi connectivity index (χ1v) is 4.99. The zero-order valence-corrected chi connectivity index (χ0v) is 9.25. The van der Waals surface area contributed by atoms with Gasteiger partial charge in [-0.15, -0.1) is 0 Å². The van der Waals surface area contributed by atoms with Crippen LogP contribution >= 0.6 is 0 Å². The number of nitrogens with two attached hydrogens (primary N) is 1. The Labute approximate surface area is 96.1 Å². The highest BCUT2D eigenvalue weighted by atomic mass is 16.5. The summed E-state index contributed by atoms with van der Waals surface area (Å²) in [6.45, 7) is 0.143. The Morgan fingerprint density at radius 1 is 1.71 bits per heavy atom. The number of nitrogens with zero attached hydrogens (tertiary/aromatic N) is 3. The first kappa shape index (κ1) is 11.6. The number of aromatic nitrogens is 4. The molecule has 92 valence electrons. The normalized spacial score (nSPS) is 13.1. The van der Waals surface area contributed by atoms with E-state index in [1.165, 1.54) is 13.4 Å². The van der Waals surface area contributed by atoms with Crippen molar-refractivity contribution in [2.75, 3.05) is 26.1 Å². The number of anilines is 1. The monoisotopic (exact) mass is 239 g/mol. The molecule has 4 N–H and O–H groups in total. The fourth-order valence-corrected chi connectivity index (χ4v) is 1.62. The van der Waals surface area contributed by atoms with E-state index in [0.29, 0.717) is 5.65 Å². The van der Waals surface area contributed by atoms with Crippen molar-refractivity contribution in [1.29, 1.82) is 0 Å². The van der Waals surface area contributed by atoms with E-state index in [2.05, 4.69) is 15.0 Å². The molecule has 0 aromatic carbocycles. The number of fused-ring (bicyclic) bond motifs is 1. The summed E-state index contributed by atoms with van der Waals surface area (Å²) >= 11 is 0. The molecule has 0 radical (unpaired) electrons. The first-order valence-electron chi connectivity index (χ1n) is 4.99. The molecule has 2 aromatic heterocycles. The number of methoxy groups -OCH3 is 1. The summed E-state index contributed by atoms with van der Waals surface area (Å²) in [5.74, 6) is 0.0124. The summed E-state index contributed by atoms with van der Waals surface area (Å²) in [5.41, 5.74) is 5.59. The molecule has 2 rings (SSSR count). The van der Waals surface area contributed by atoms with E-state index in [-0.39, 0.29) is 30.7 Å². The zero-order valence-electron chi connectivity index (χ0n) is 9.25. The molecule has 0 saturated heterocycles. The Morgan fingerprint density at radius 2 is 2.47 bits per heavy atom. The van der Waals surface area contributed by atoms with Gasteiger partial charge in [-0.3, -0.25) is 9.78 Å². The second-order valence-electron chi connectivity index (χ2n) is 3.57. The number of imidazole rings is 1. The van der Waals surface area contributed by atoms with Crippen LogP contribution in [0.2, 0.25) is 0 Å². The maximum absolute atomic E-state index is 11.5. The van der Waals surface area contributed by atoms with Gasteiger partial charge in [0.25, 0.3) is 5.56 Å². The van der Waals surface area contributed by atoms with Crippen LogP contribution in [0.25, 0.3) is 11.2 Å². The third-order valence-corrected chi connectivity index (χ3v) is 2.41. The minimum atomic E-state index is -0.402. The van der Waals surface area contributed by atoms with E-state index in [1.807, 2.05) is 0 Å². The lowest BCUT2D eigenvalue weighted by Gasteiger charge is -2.14. The van der Waals surface area contributed by atoms with Crippen LogP contribution in [0, 0.1) is 0 Å². The average molecular weight is 239 g/mol. The molecule has 0 spiro atoms. The van der Waals surface area contributed by atoms with Crippen molar-refractivity contribution in [3.05, 3.63) is 16.7 Å². The van der Waals surface area contributed by atoms with Crippen molar-refractivity contribution < 1.29 is 9.84 Å². The maximum Gasteiger partial charge on any atom is 0.280 e. The van der Waals surface area contributed by atoms with Crippen molar-refractivity contribution in [1.82, 2.24) is 19.5 Å². The summed E-state index contributed by atoms with van der Waals surface area (Å²) in [6, 6.07) is -0.348. The van der Waals surface area contributed by atoms with Gasteiger partial charge in [-0.1, -0.05) is 0 Å². The Hall–Kier alpha value is -1.93. The number of aromatic amines is 1. The van der Waals surface area contributed by atoms with Crippen LogP contribution in [-0.4, -0.2) is 44.9 Å². The lowest BCUT2D eigenvalue weighted by molar-refractivity contribution is 0.116. The zero-order chi connectivity index (χ0) is 12.4. The predicted molar refractivity (Wildman–Crippen MR) is 60.6 cm³/mol.